The Labute approximate surface area is 286 Å². The second-order valence-corrected chi connectivity index (χ2v) is 13.5. The van der Waals surface area contributed by atoms with Gasteiger partial charge in [-0.3, -0.25) is 0 Å². The summed E-state index contributed by atoms with van der Waals surface area (Å²) in [6.07, 6.45) is 0. The zero-order valence-corrected chi connectivity index (χ0v) is 27.2. The van der Waals surface area contributed by atoms with Crippen LogP contribution >= 0.6 is 11.3 Å². The molecule has 2 aromatic heterocycles. The van der Waals surface area contributed by atoms with Crippen LogP contribution < -0.4 is 0 Å². The fraction of sp³-hybridized carbons (Fsp3) is 0. The molecule has 0 atom stereocenters. The molecule has 0 amide bonds. The van der Waals surface area contributed by atoms with Gasteiger partial charge in [0.2, 0.25) is 0 Å². The van der Waals surface area contributed by atoms with Crippen molar-refractivity contribution in [1.29, 1.82) is 0 Å². The predicted molar refractivity (Wildman–Crippen MR) is 207 cm³/mol. The summed E-state index contributed by atoms with van der Waals surface area (Å²) in [6, 6.07) is 58.0. The van der Waals surface area contributed by atoms with Gasteiger partial charge in [-0.25, -0.2) is 15.0 Å². The van der Waals surface area contributed by atoms with Crippen molar-refractivity contribution in [2.45, 2.75) is 0 Å². The largest absolute Gasteiger partial charge is 0.208 e. The third-order valence-electron chi connectivity index (χ3n) is 9.49. The van der Waals surface area contributed by atoms with Crippen LogP contribution in [0, 0.1) is 0 Å². The standard InChI is InChI=1S/C45H27N3S/c1-3-9-28(10-4-1)29-15-19-32(20-16-29)44-46-43(31-11-5-2-6-12-31)47-45(48-44)35-23-24-36-33(25-35)21-17-30-18-22-34-26-39-37-13-7-8-14-40(37)49-41(39)27-38(34)42(30)36/h1-27H. The van der Waals surface area contributed by atoms with Crippen LogP contribution in [0.25, 0.3) is 97.8 Å². The van der Waals surface area contributed by atoms with Gasteiger partial charge in [-0.1, -0.05) is 140 Å². The smallest absolute Gasteiger partial charge is 0.164 e. The van der Waals surface area contributed by atoms with E-state index in [-0.39, 0.29) is 0 Å². The first-order valence-electron chi connectivity index (χ1n) is 16.4. The molecule has 0 aliphatic rings. The van der Waals surface area contributed by atoms with Crippen LogP contribution in [-0.4, -0.2) is 15.0 Å². The highest BCUT2D eigenvalue weighted by Gasteiger charge is 2.15. The quantitative estimate of drug-likeness (QED) is 0.180. The van der Waals surface area contributed by atoms with E-state index >= 15 is 0 Å². The van der Waals surface area contributed by atoms with Gasteiger partial charge in [-0.05, 0) is 67.7 Å². The minimum atomic E-state index is 0.653. The van der Waals surface area contributed by atoms with Crippen molar-refractivity contribution in [3.63, 3.8) is 0 Å². The van der Waals surface area contributed by atoms with Gasteiger partial charge < -0.3 is 0 Å². The Hall–Kier alpha value is -6.23. The van der Waals surface area contributed by atoms with Crippen molar-refractivity contribution in [2.75, 3.05) is 0 Å². The van der Waals surface area contributed by atoms with E-state index in [1.165, 1.54) is 52.7 Å². The Morgan fingerprint density at radius 1 is 0.306 bits per heavy atom. The average Bonchev–Trinajstić information content (AvgIpc) is 3.54. The van der Waals surface area contributed by atoms with Crippen molar-refractivity contribution in [3.05, 3.63) is 164 Å². The fourth-order valence-electron chi connectivity index (χ4n) is 7.04. The van der Waals surface area contributed by atoms with Crippen LogP contribution in [0.1, 0.15) is 0 Å². The summed E-state index contributed by atoms with van der Waals surface area (Å²) in [5, 5.41) is 10.1. The Balaban J connectivity index is 1.13. The third-order valence-corrected chi connectivity index (χ3v) is 10.6. The second kappa shape index (κ2) is 11.2. The maximum absolute atomic E-state index is 5.05. The van der Waals surface area contributed by atoms with Crippen LogP contribution in [0.4, 0.5) is 0 Å². The molecule has 228 valence electrons. The summed E-state index contributed by atoms with van der Waals surface area (Å²) in [5.41, 5.74) is 5.20. The molecule has 0 saturated heterocycles. The lowest BCUT2D eigenvalue weighted by Crippen LogP contribution is -2.00. The van der Waals surface area contributed by atoms with Crippen molar-refractivity contribution in [2.24, 2.45) is 0 Å². The highest BCUT2D eigenvalue weighted by molar-refractivity contribution is 7.25. The molecule has 49 heavy (non-hydrogen) atoms. The number of hydrogen-bond acceptors (Lipinski definition) is 4. The summed E-state index contributed by atoms with van der Waals surface area (Å²) >= 11 is 1.87. The van der Waals surface area contributed by atoms with Crippen LogP contribution in [0.15, 0.2) is 164 Å². The average molecular weight is 642 g/mol. The topological polar surface area (TPSA) is 38.7 Å². The summed E-state index contributed by atoms with van der Waals surface area (Å²) < 4.78 is 2.64. The van der Waals surface area contributed by atoms with E-state index in [2.05, 4.69) is 127 Å². The molecule has 2 heterocycles. The number of nitrogens with zero attached hydrogens (tertiary/aromatic N) is 3. The van der Waals surface area contributed by atoms with E-state index in [9.17, 15) is 0 Å². The van der Waals surface area contributed by atoms with Gasteiger partial charge >= 0.3 is 0 Å². The molecule has 0 bridgehead atoms. The molecule has 0 radical (unpaired) electrons. The van der Waals surface area contributed by atoms with Crippen LogP contribution in [0.5, 0.6) is 0 Å². The molecule has 0 aliphatic heterocycles. The van der Waals surface area contributed by atoms with Crippen molar-refractivity contribution in [1.82, 2.24) is 15.0 Å². The van der Waals surface area contributed by atoms with Gasteiger partial charge in [-0.15, -0.1) is 11.3 Å². The normalized spacial score (nSPS) is 11.7. The van der Waals surface area contributed by atoms with E-state index in [0.717, 1.165) is 27.6 Å². The molecule has 0 unspecified atom stereocenters. The van der Waals surface area contributed by atoms with E-state index < -0.39 is 0 Å². The monoisotopic (exact) mass is 641 g/mol. The zero-order valence-electron chi connectivity index (χ0n) is 26.3. The third kappa shape index (κ3) is 4.76. The van der Waals surface area contributed by atoms with Gasteiger partial charge in [0.25, 0.3) is 0 Å². The molecule has 0 aliphatic carbocycles. The zero-order chi connectivity index (χ0) is 32.3. The van der Waals surface area contributed by atoms with Gasteiger partial charge in [0, 0.05) is 36.9 Å². The number of benzene rings is 8. The molecule has 8 aromatic carbocycles. The lowest BCUT2D eigenvalue weighted by Gasteiger charge is -2.11. The first kappa shape index (κ1) is 27.8. The summed E-state index contributed by atoms with van der Waals surface area (Å²) in [7, 11) is 0. The van der Waals surface area contributed by atoms with Crippen molar-refractivity contribution in [3.8, 4) is 45.3 Å². The lowest BCUT2D eigenvalue weighted by molar-refractivity contribution is 1.07. The Morgan fingerprint density at radius 3 is 1.57 bits per heavy atom. The molecule has 0 spiro atoms. The minimum absolute atomic E-state index is 0.653. The van der Waals surface area contributed by atoms with E-state index in [1.807, 2.05) is 47.7 Å². The van der Waals surface area contributed by atoms with Gasteiger partial charge in [0.1, 0.15) is 0 Å². The first-order chi connectivity index (χ1) is 24.2. The Kier molecular flexibility index (Phi) is 6.36. The molecule has 0 N–H and O–H groups in total. The second-order valence-electron chi connectivity index (χ2n) is 12.4. The Morgan fingerprint density at radius 2 is 0.837 bits per heavy atom. The van der Waals surface area contributed by atoms with Gasteiger partial charge in [-0.2, -0.15) is 0 Å². The molecule has 10 rings (SSSR count). The number of aromatic nitrogens is 3. The summed E-state index contributed by atoms with van der Waals surface area (Å²) in [6.45, 7) is 0. The van der Waals surface area contributed by atoms with E-state index in [4.69, 9.17) is 15.0 Å². The van der Waals surface area contributed by atoms with Gasteiger partial charge in [0.05, 0.1) is 0 Å². The highest BCUT2D eigenvalue weighted by Crippen LogP contribution is 2.40. The van der Waals surface area contributed by atoms with E-state index in [0.29, 0.717) is 17.5 Å². The Bertz CT molecular complexity index is 2860. The maximum atomic E-state index is 5.05. The van der Waals surface area contributed by atoms with Gasteiger partial charge in [0.15, 0.2) is 17.5 Å². The number of rotatable bonds is 4. The highest BCUT2D eigenvalue weighted by atomic mass is 32.1. The molecule has 0 fully saturated rings. The number of fused-ring (bicyclic) bond motifs is 8. The van der Waals surface area contributed by atoms with E-state index in [1.54, 1.807) is 0 Å². The van der Waals surface area contributed by atoms with Crippen molar-refractivity contribution >= 4 is 63.8 Å². The molecule has 4 heteroatoms. The predicted octanol–water partition coefficient (Wildman–Crippen LogP) is 12.4. The number of thiophene rings is 1. The van der Waals surface area contributed by atoms with Crippen LogP contribution in [-0.2, 0) is 0 Å². The van der Waals surface area contributed by atoms with Crippen LogP contribution in [0.3, 0.4) is 0 Å². The van der Waals surface area contributed by atoms with Crippen LogP contribution in [0.2, 0.25) is 0 Å². The first-order valence-corrected chi connectivity index (χ1v) is 17.3. The molecule has 0 saturated carbocycles. The summed E-state index contributed by atoms with van der Waals surface area (Å²) in [4.78, 5) is 15.0. The molecular weight excluding hydrogens is 615 g/mol. The number of hydrogen-bond donors (Lipinski definition) is 0. The van der Waals surface area contributed by atoms with Crippen molar-refractivity contribution < 1.29 is 0 Å². The minimum Gasteiger partial charge on any atom is -0.208 e. The fourth-order valence-corrected chi connectivity index (χ4v) is 8.17. The maximum Gasteiger partial charge on any atom is 0.164 e. The lowest BCUT2D eigenvalue weighted by atomic mass is 9.94. The molecule has 3 nitrogen and oxygen atoms in total. The SMILES string of the molecule is c1ccc(-c2ccc(-c3nc(-c4ccccc4)nc(-c4ccc5c(ccc6ccc7cc8c(cc7c65)sc5ccccc58)c4)n3)cc2)cc1. The summed E-state index contributed by atoms with van der Waals surface area (Å²) in [5.74, 6) is 1.97. The molecule has 10 aromatic rings. The molecular formula is C45H27N3S.